The second-order valence-corrected chi connectivity index (χ2v) is 1.90. The zero-order valence-corrected chi connectivity index (χ0v) is 4.99. The molecule has 0 atom stereocenters. The van der Waals surface area contributed by atoms with Crippen molar-refractivity contribution in [2.45, 2.75) is 6.92 Å². The summed E-state index contributed by atoms with van der Waals surface area (Å²) in [5, 5.41) is 10.4. The molecule has 0 radical (unpaired) electrons. The Kier molecular flexibility index (Phi) is 1.44. The maximum absolute atomic E-state index is 7.28. The van der Waals surface area contributed by atoms with Gasteiger partial charge in [-0.15, -0.1) is 0 Å². The lowest BCUT2D eigenvalue weighted by molar-refractivity contribution is 0.906. The molecular weight excluding hydrogens is 100 g/mol. The van der Waals surface area contributed by atoms with E-state index in [0.29, 0.717) is 0 Å². The average Bonchev–Trinajstić information content (AvgIpc) is 2.14. The number of rotatable bonds is 0. The minimum atomic E-state index is 0.743. The third-order valence-corrected chi connectivity index (χ3v) is 1.35. The third-order valence-electron chi connectivity index (χ3n) is 1.35. The molecule has 0 bridgehead atoms. The molecule has 1 saturated heterocycles. The lowest BCUT2D eigenvalue weighted by atomic mass is 10.2. The summed E-state index contributed by atoms with van der Waals surface area (Å²) in [5.41, 5.74) is 1.89. The SMILES string of the molecule is C/C=C1/CNCC1=N. The molecule has 2 heteroatoms. The van der Waals surface area contributed by atoms with E-state index in [4.69, 9.17) is 5.41 Å². The molecule has 2 nitrogen and oxygen atoms in total. The summed E-state index contributed by atoms with van der Waals surface area (Å²) in [7, 11) is 0. The predicted octanol–water partition coefficient (Wildman–Crippen LogP) is 0.556. The van der Waals surface area contributed by atoms with Crippen LogP contribution in [0.4, 0.5) is 0 Å². The van der Waals surface area contributed by atoms with E-state index in [1.165, 1.54) is 0 Å². The highest BCUT2D eigenvalue weighted by atomic mass is 14.9. The van der Waals surface area contributed by atoms with Crippen molar-refractivity contribution in [1.29, 1.82) is 5.41 Å². The van der Waals surface area contributed by atoms with Crippen LogP contribution in [0.15, 0.2) is 11.6 Å². The van der Waals surface area contributed by atoms with Crippen molar-refractivity contribution in [1.82, 2.24) is 5.32 Å². The Balaban J connectivity index is 2.69. The Morgan fingerprint density at radius 2 is 2.38 bits per heavy atom. The van der Waals surface area contributed by atoms with Crippen molar-refractivity contribution in [3.05, 3.63) is 11.6 Å². The lowest BCUT2D eigenvalue weighted by Gasteiger charge is -1.87. The van der Waals surface area contributed by atoms with Crippen molar-refractivity contribution >= 4 is 5.71 Å². The van der Waals surface area contributed by atoms with E-state index < -0.39 is 0 Å². The Labute approximate surface area is 49.1 Å². The van der Waals surface area contributed by atoms with Crippen molar-refractivity contribution in [3.8, 4) is 0 Å². The predicted molar refractivity (Wildman–Crippen MR) is 34.4 cm³/mol. The minimum Gasteiger partial charge on any atom is -0.307 e. The average molecular weight is 110 g/mol. The summed E-state index contributed by atoms with van der Waals surface area (Å²) in [6.45, 7) is 3.60. The van der Waals surface area contributed by atoms with Crippen molar-refractivity contribution in [2.24, 2.45) is 0 Å². The monoisotopic (exact) mass is 110 g/mol. The first-order chi connectivity index (χ1) is 3.84. The number of hydrogen-bond donors (Lipinski definition) is 2. The second-order valence-electron chi connectivity index (χ2n) is 1.90. The molecule has 1 fully saturated rings. The van der Waals surface area contributed by atoms with Gasteiger partial charge in [0.1, 0.15) is 0 Å². The van der Waals surface area contributed by atoms with Gasteiger partial charge in [-0.2, -0.15) is 0 Å². The normalized spacial score (nSPS) is 25.1. The van der Waals surface area contributed by atoms with Gasteiger partial charge in [0.05, 0.1) is 0 Å². The van der Waals surface area contributed by atoms with Crippen LogP contribution in [0.5, 0.6) is 0 Å². The first-order valence-corrected chi connectivity index (χ1v) is 2.78. The fourth-order valence-corrected chi connectivity index (χ4v) is 0.819. The molecule has 44 valence electrons. The minimum absolute atomic E-state index is 0.743. The summed E-state index contributed by atoms with van der Waals surface area (Å²) in [4.78, 5) is 0. The molecular formula is C6H10N2. The van der Waals surface area contributed by atoms with Gasteiger partial charge in [-0.1, -0.05) is 6.08 Å². The van der Waals surface area contributed by atoms with E-state index >= 15 is 0 Å². The number of nitrogens with one attached hydrogen (secondary N) is 2. The Morgan fingerprint density at radius 1 is 1.62 bits per heavy atom. The van der Waals surface area contributed by atoms with Crippen LogP contribution in [0.3, 0.4) is 0 Å². The summed E-state index contributed by atoms with van der Waals surface area (Å²) < 4.78 is 0. The highest BCUT2D eigenvalue weighted by Crippen LogP contribution is 1.99. The Hall–Kier alpha value is -0.630. The summed E-state index contributed by atoms with van der Waals surface area (Å²) >= 11 is 0. The van der Waals surface area contributed by atoms with E-state index in [0.717, 1.165) is 24.4 Å². The van der Waals surface area contributed by atoms with E-state index in [1.54, 1.807) is 0 Å². The van der Waals surface area contributed by atoms with Gasteiger partial charge in [-0.3, -0.25) is 0 Å². The molecule has 1 aliphatic heterocycles. The van der Waals surface area contributed by atoms with Crippen molar-refractivity contribution in [3.63, 3.8) is 0 Å². The first kappa shape index (κ1) is 5.51. The summed E-state index contributed by atoms with van der Waals surface area (Å²) in [6, 6.07) is 0. The van der Waals surface area contributed by atoms with Gasteiger partial charge in [0.25, 0.3) is 0 Å². The molecule has 0 unspecified atom stereocenters. The zero-order chi connectivity index (χ0) is 5.98. The maximum Gasteiger partial charge on any atom is 0.0493 e. The molecule has 0 aromatic rings. The summed E-state index contributed by atoms with van der Waals surface area (Å²) in [6.07, 6.45) is 1.99. The Morgan fingerprint density at radius 3 is 2.62 bits per heavy atom. The number of hydrogen-bond acceptors (Lipinski definition) is 2. The lowest BCUT2D eigenvalue weighted by Crippen LogP contribution is -2.07. The first-order valence-electron chi connectivity index (χ1n) is 2.78. The fraction of sp³-hybridized carbons (Fsp3) is 0.500. The van der Waals surface area contributed by atoms with Crippen LogP contribution < -0.4 is 5.32 Å². The standard InChI is InChI=1S/C6H10N2/c1-2-5-3-8-4-6(5)7/h2,7-8H,3-4H2,1H3/b5-2-,7-6?. The molecule has 0 amide bonds. The molecule has 0 spiro atoms. The molecule has 1 rings (SSSR count). The van der Waals surface area contributed by atoms with Gasteiger partial charge in [-0.25, -0.2) is 0 Å². The molecule has 0 saturated carbocycles. The van der Waals surface area contributed by atoms with Crippen LogP contribution in [-0.4, -0.2) is 18.8 Å². The molecule has 1 aliphatic rings. The highest BCUT2D eigenvalue weighted by Gasteiger charge is 2.09. The van der Waals surface area contributed by atoms with Gasteiger partial charge >= 0.3 is 0 Å². The van der Waals surface area contributed by atoms with E-state index in [9.17, 15) is 0 Å². The van der Waals surface area contributed by atoms with Crippen LogP contribution in [-0.2, 0) is 0 Å². The second kappa shape index (κ2) is 2.09. The molecule has 8 heavy (non-hydrogen) atoms. The van der Waals surface area contributed by atoms with Gasteiger partial charge in [-0.05, 0) is 12.5 Å². The van der Waals surface area contributed by atoms with Crippen LogP contribution in [0, 0.1) is 5.41 Å². The van der Waals surface area contributed by atoms with Gasteiger partial charge in [0, 0.05) is 18.8 Å². The zero-order valence-electron chi connectivity index (χ0n) is 4.99. The van der Waals surface area contributed by atoms with Gasteiger partial charge in [0.2, 0.25) is 0 Å². The molecule has 2 N–H and O–H groups in total. The molecule has 1 heterocycles. The fourth-order valence-electron chi connectivity index (χ4n) is 0.819. The molecule has 0 aromatic carbocycles. The maximum atomic E-state index is 7.28. The van der Waals surface area contributed by atoms with E-state index in [-0.39, 0.29) is 0 Å². The van der Waals surface area contributed by atoms with E-state index in [1.807, 2.05) is 13.0 Å². The largest absolute Gasteiger partial charge is 0.307 e. The van der Waals surface area contributed by atoms with Crippen LogP contribution >= 0.6 is 0 Å². The van der Waals surface area contributed by atoms with Crippen molar-refractivity contribution in [2.75, 3.05) is 13.1 Å². The number of allylic oxidation sites excluding steroid dienone is 1. The summed E-state index contributed by atoms with van der Waals surface area (Å²) in [5.74, 6) is 0. The van der Waals surface area contributed by atoms with Crippen LogP contribution in [0.2, 0.25) is 0 Å². The van der Waals surface area contributed by atoms with E-state index in [2.05, 4.69) is 5.32 Å². The van der Waals surface area contributed by atoms with Crippen LogP contribution in [0.25, 0.3) is 0 Å². The van der Waals surface area contributed by atoms with Crippen LogP contribution in [0.1, 0.15) is 6.92 Å². The molecule has 0 aromatic heterocycles. The van der Waals surface area contributed by atoms with Gasteiger partial charge in [0.15, 0.2) is 0 Å². The third kappa shape index (κ3) is 0.793. The highest BCUT2D eigenvalue weighted by molar-refractivity contribution is 6.01. The Bertz CT molecular complexity index is 135. The molecule has 0 aliphatic carbocycles. The smallest absolute Gasteiger partial charge is 0.0493 e. The topological polar surface area (TPSA) is 35.9 Å². The quantitative estimate of drug-likeness (QED) is 0.469. The van der Waals surface area contributed by atoms with Gasteiger partial charge < -0.3 is 10.7 Å². The van der Waals surface area contributed by atoms with Crippen molar-refractivity contribution < 1.29 is 0 Å².